The highest BCUT2D eigenvalue weighted by Gasteiger charge is 2.20. The van der Waals surface area contributed by atoms with Gasteiger partial charge in [-0.15, -0.1) is 0 Å². The highest BCUT2D eigenvalue weighted by molar-refractivity contribution is 5.98. The lowest BCUT2D eigenvalue weighted by Gasteiger charge is -2.08. The summed E-state index contributed by atoms with van der Waals surface area (Å²) >= 11 is 0. The van der Waals surface area contributed by atoms with Crippen LogP contribution in [0, 0.1) is 10.1 Å². The predicted molar refractivity (Wildman–Crippen MR) is 75.1 cm³/mol. The Kier molecular flexibility index (Phi) is 6.77. The molecule has 0 unspecified atom stereocenters. The molecule has 0 spiro atoms. The highest BCUT2D eigenvalue weighted by atomic mass is 16.6. The third kappa shape index (κ3) is 5.37. The van der Waals surface area contributed by atoms with Crippen molar-refractivity contribution in [2.24, 2.45) is 0 Å². The molecule has 0 saturated carbocycles. The molecule has 0 aliphatic heterocycles. The number of rotatable bonds is 9. The summed E-state index contributed by atoms with van der Waals surface area (Å²) in [6, 6.07) is 3.89. The molecule has 22 heavy (non-hydrogen) atoms. The van der Waals surface area contributed by atoms with E-state index in [1.54, 1.807) is 6.92 Å². The van der Waals surface area contributed by atoms with Crippen LogP contribution in [0.4, 0.5) is 5.69 Å². The first-order valence-electron chi connectivity index (χ1n) is 6.44. The first kappa shape index (κ1) is 17.4. The van der Waals surface area contributed by atoms with Gasteiger partial charge in [0.1, 0.15) is 17.9 Å². The molecule has 0 heterocycles. The summed E-state index contributed by atoms with van der Waals surface area (Å²) in [6.45, 7) is 1.65. The van der Waals surface area contributed by atoms with Gasteiger partial charge in [-0.05, 0) is 19.1 Å². The second kappa shape index (κ2) is 8.57. The Morgan fingerprint density at radius 1 is 1.41 bits per heavy atom. The first-order valence-corrected chi connectivity index (χ1v) is 6.44. The maximum absolute atomic E-state index is 12.0. The monoisotopic (exact) mass is 312 g/mol. The van der Waals surface area contributed by atoms with E-state index in [1.807, 2.05) is 0 Å². The van der Waals surface area contributed by atoms with E-state index in [4.69, 9.17) is 14.6 Å². The quantitative estimate of drug-likeness (QED) is 0.392. The van der Waals surface area contributed by atoms with E-state index >= 15 is 0 Å². The van der Waals surface area contributed by atoms with Crippen molar-refractivity contribution in [1.29, 1.82) is 0 Å². The number of hydrogen-bond donors (Lipinski definition) is 2. The van der Waals surface area contributed by atoms with Gasteiger partial charge in [0, 0.05) is 12.6 Å². The van der Waals surface area contributed by atoms with Crippen molar-refractivity contribution in [3.63, 3.8) is 0 Å². The lowest BCUT2D eigenvalue weighted by Crippen LogP contribution is -2.28. The van der Waals surface area contributed by atoms with Gasteiger partial charge in [-0.3, -0.25) is 14.9 Å². The number of nitrogens with zero attached hydrogens (tertiary/aromatic N) is 1. The standard InChI is InChI=1S/C13H16N2O7/c1-2-22-9-3-4-11(15(19)20)10(7-9)13(18)14-5-6-21-8-12(16)17/h3-4,7H,2,5-6,8H2,1H3,(H,14,18)(H,16,17). The van der Waals surface area contributed by atoms with Crippen LogP contribution in [0.5, 0.6) is 5.75 Å². The molecule has 9 nitrogen and oxygen atoms in total. The predicted octanol–water partition coefficient (Wildman–Crippen LogP) is 0.824. The lowest BCUT2D eigenvalue weighted by molar-refractivity contribution is -0.385. The second-order valence-electron chi connectivity index (χ2n) is 4.07. The van der Waals surface area contributed by atoms with Gasteiger partial charge in [0.15, 0.2) is 0 Å². The van der Waals surface area contributed by atoms with Crippen LogP contribution in [0.15, 0.2) is 18.2 Å². The van der Waals surface area contributed by atoms with E-state index in [1.165, 1.54) is 18.2 Å². The summed E-state index contributed by atoms with van der Waals surface area (Å²) < 4.78 is 9.96. The number of carbonyl (C=O) groups is 2. The SMILES string of the molecule is CCOc1ccc([N+](=O)[O-])c(C(=O)NCCOCC(=O)O)c1. The van der Waals surface area contributed by atoms with Crippen LogP contribution in [0.25, 0.3) is 0 Å². The average Bonchev–Trinajstić information content (AvgIpc) is 2.46. The van der Waals surface area contributed by atoms with Crippen LogP contribution in [-0.2, 0) is 9.53 Å². The number of carbonyl (C=O) groups excluding carboxylic acids is 1. The summed E-state index contributed by atoms with van der Waals surface area (Å²) in [5, 5.41) is 21.7. The summed E-state index contributed by atoms with van der Waals surface area (Å²) in [5.41, 5.74) is -0.471. The Morgan fingerprint density at radius 3 is 2.73 bits per heavy atom. The van der Waals surface area contributed by atoms with E-state index in [0.717, 1.165) is 0 Å². The number of aliphatic carboxylic acids is 1. The van der Waals surface area contributed by atoms with Crippen molar-refractivity contribution in [2.75, 3.05) is 26.4 Å². The summed E-state index contributed by atoms with van der Waals surface area (Å²) in [7, 11) is 0. The van der Waals surface area contributed by atoms with Crippen LogP contribution in [0.2, 0.25) is 0 Å². The molecule has 2 N–H and O–H groups in total. The highest BCUT2D eigenvalue weighted by Crippen LogP contribution is 2.24. The van der Waals surface area contributed by atoms with E-state index < -0.39 is 23.4 Å². The fraction of sp³-hybridized carbons (Fsp3) is 0.385. The average molecular weight is 312 g/mol. The molecule has 0 bridgehead atoms. The smallest absolute Gasteiger partial charge is 0.329 e. The van der Waals surface area contributed by atoms with Crippen LogP contribution >= 0.6 is 0 Å². The number of carboxylic acids is 1. The molecule has 1 aromatic rings. The zero-order valence-corrected chi connectivity index (χ0v) is 11.9. The molecule has 0 aliphatic rings. The molecule has 1 amide bonds. The minimum absolute atomic E-state index is 0.0169. The zero-order valence-electron chi connectivity index (χ0n) is 11.9. The van der Waals surface area contributed by atoms with Crippen molar-refractivity contribution in [1.82, 2.24) is 5.32 Å². The molecular formula is C13H16N2O7. The zero-order chi connectivity index (χ0) is 16.5. The molecule has 0 atom stereocenters. The van der Waals surface area contributed by atoms with E-state index in [9.17, 15) is 19.7 Å². The van der Waals surface area contributed by atoms with Gasteiger partial charge in [0.05, 0.1) is 18.1 Å². The van der Waals surface area contributed by atoms with Crippen molar-refractivity contribution < 1.29 is 29.1 Å². The fourth-order valence-electron chi connectivity index (χ4n) is 1.60. The number of hydrogen-bond acceptors (Lipinski definition) is 6. The fourth-order valence-corrected chi connectivity index (χ4v) is 1.60. The first-order chi connectivity index (χ1) is 10.5. The van der Waals surface area contributed by atoms with Gasteiger partial charge >= 0.3 is 5.97 Å². The number of ether oxygens (including phenoxy) is 2. The molecular weight excluding hydrogens is 296 g/mol. The number of carboxylic acid groups (broad SMARTS) is 1. The number of nitro benzene ring substituents is 1. The molecule has 0 saturated heterocycles. The maximum atomic E-state index is 12.0. The van der Waals surface area contributed by atoms with Crippen LogP contribution in [0.1, 0.15) is 17.3 Å². The van der Waals surface area contributed by atoms with Crippen LogP contribution < -0.4 is 10.1 Å². The third-order valence-electron chi connectivity index (χ3n) is 2.48. The minimum Gasteiger partial charge on any atom is -0.494 e. The largest absolute Gasteiger partial charge is 0.494 e. The van der Waals surface area contributed by atoms with E-state index in [2.05, 4.69) is 5.32 Å². The summed E-state index contributed by atoms with van der Waals surface area (Å²) in [5.74, 6) is -1.43. The van der Waals surface area contributed by atoms with Gasteiger partial charge in [0.25, 0.3) is 11.6 Å². The van der Waals surface area contributed by atoms with Crippen molar-refractivity contribution >= 4 is 17.6 Å². The summed E-state index contributed by atoms with van der Waals surface area (Å²) in [6.07, 6.45) is 0. The second-order valence-corrected chi connectivity index (χ2v) is 4.07. The Hall–Kier alpha value is -2.68. The lowest BCUT2D eigenvalue weighted by atomic mass is 10.1. The third-order valence-corrected chi connectivity index (χ3v) is 2.48. The van der Waals surface area contributed by atoms with Crippen LogP contribution in [0.3, 0.4) is 0 Å². The Balaban J connectivity index is 2.71. The normalized spacial score (nSPS) is 10.0. The van der Waals surface area contributed by atoms with Gasteiger partial charge in [-0.2, -0.15) is 0 Å². The Morgan fingerprint density at radius 2 is 2.14 bits per heavy atom. The van der Waals surface area contributed by atoms with Crippen molar-refractivity contribution in [3.05, 3.63) is 33.9 Å². The van der Waals surface area contributed by atoms with Crippen molar-refractivity contribution in [3.8, 4) is 5.75 Å². The number of benzene rings is 1. The van der Waals surface area contributed by atoms with Gasteiger partial charge in [-0.1, -0.05) is 0 Å². The Labute approximate surface area is 126 Å². The van der Waals surface area contributed by atoms with Gasteiger partial charge in [0.2, 0.25) is 0 Å². The minimum atomic E-state index is -1.12. The molecule has 120 valence electrons. The van der Waals surface area contributed by atoms with Gasteiger partial charge < -0.3 is 19.9 Å². The topological polar surface area (TPSA) is 128 Å². The molecule has 0 aliphatic carbocycles. The number of nitrogens with one attached hydrogen (secondary N) is 1. The summed E-state index contributed by atoms with van der Waals surface area (Å²) in [4.78, 5) is 32.5. The molecule has 9 heteroatoms. The van der Waals surface area contributed by atoms with Gasteiger partial charge in [-0.25, -0.2) is 4.79 Å². The molecule has 0 aromatic heterocycles. The number of nitro groups is 1. The number of amides is 1. The molecule has 0 fully saturated rings. The molecule has 1 aromatic carbocycles. The van der Waals surface area contributed by atoms with Crippen LogP contribution in [-0.4, -0.2) is 48.3 Å². The maximum Gasteiger partial charge on any atom is 0.329 e. The van der Waals surface area contributed by atoms with E-state index in [0.29, 0.717) is 12.4 Å². The van der Waals surface area contributed by atoms with E-state index in [-0.39, 0.29) is 24.4 Å². The molecule has 0 radical (unpaired) electrons. The van der Waals surface area contributed by atoms with Crippen molar-refractivity contribution in [2.45, 2.75) is 6.92 Å². The molecule has 1 rings (SSSR count). The Bertz CT molecular complexity index is 559.